The minimum Gasteiger partial charge on any atom is -0.348 e. The Labute approximate surface area is 131 Å². The lowest BCUT2D eigenvalue weighted by molar-refractivity contribution is 0.0924. The fourth-order valence-electron chi connectivity index (χ4n) is 2.22. The van der Waals surface area contributed by atoms with Crippen molar-refractivity contribution in [1.29, 1.82) is 0 Å². The van der Waals surface area contributed by atoms with Gasteiger partial charge < -0.3 is 9.88 Å². The van der Waals surface area contributed by atoms with Crippen LogP contribution >= 0.6 is 10.7 Å². The van der Waals surface area contributed by atoms with Crippen LogP contribution in [-0.2, 0) is 15.6 Å². The molecule has 1 unspecified atom stereocenters. The fourth-order valence-corrected chi connectivity index (χ4v) is 2.98. The van der Waals surface area contributed by atoms with Gasteiger partial charge in [-0.25, -0.2) is 8.42 Å². The van der Waals surface area contributed by atoms with Gasteiger partial charge in [-0.15, -0.1) is 0 Å². The molecule has 1 N–H and O–H groups in total. The molecule has 1 amide bonds. The largest absolute Gasteiger partial charge is 0.348 e. The van der Waals surface area contributed by atoms with E-state index >= 15 is 0 Å². The summed E-state index contributed by atoms with van der Waals surface area (Å²) in [4.78, 5) is 12.3. The Morgan fingerprint density at radius 2 is 2.00 bits per heavy atom. The van der Waals surface area contributed by atoms with Crippen molar-refractivity contribution >= 4 is 25.6 Å². The zero-order chi connectivity index (χ0) is 16.0. The monoisotopic (exact) mass is 334 g/mol. The molecule has 0 aliphatic carbocycles. The summed E-state index contributed by atoms with van der Waals surface area (Å²) in [7, 11) is 1.53. The average Bonchev–Trinajstić information content (AvgIpc) is 2.82. The van der Waals surface area contributed by atoms with Crippen LogP contribution in [0.1, 0.15) is 56.9 Å². The summed E-state index contributed by atoms with van der Waals surface area (Å²) in [5.74, 6) is -0.254. The molecule has 1 atom stereocenters. The van der Waals surface area contributed by atoms with Crippen LogP contribution in [0.2, 0.25) is 0 Å². The molecule has 0 bridgehead atoms. The van der Waals surface area contributed by atoms with E-state index in [1.165, 1.54) is 12.3 Å². The zero-order valence-electron chi connectivity index (χ0n) is 12.7. The van der Waals surface area contributed by atoms with Crippen molar-refractivity contribution in [3.63, 3.8) is 0 Å². The average molecular weight is 335 g/mol. The number of rotatable bonds is 8. The Morgan fingerprint density at radius 1 is 1.33 bits per heavy atom. The van der Waals surface area contributed by atoms with Crippen molar-refractivity contribution in [3.05, 3.63) is 18.0 Å². The number of carbonyl (C=O) groups is 1. The second-order valence-electron chi connectivity index (χ2n) is 5.06. The molecule has 5 nitrogen and oxygen atoms in total. The maximum atomic E-state index is 12.4. The van der Waals surface area contributed by atoms with Gasteiger partial charge in [0.25, 0.3) is 15.0 Å². The molecule has 0 radical (unpaired) electrons. The normalized spacial score (nSPS) is 13.1. The van der Waals surface area contributed by atoms with Gasteiger partial charge >= 0.3 is 0 Å². The lowest BCUT2D eigenvalue weighted by atomic mass is 10.1. The van der Waals surface area contributed by atoms with E-state index in [9.17, 15) is 13.2 Å². The van der Waals surface area contributed by atoms with Crippen molar-refractivity contribution in [2.45, 2.75) is 63.9 Å². The highest BCUT2D eigenvalue weighted by atomic mass is 35.7. The van der Waals surface area contributed by atoms with Gasteiger partial charge in [-0.3, -0.25) is 4.79 Å². The van der Waals surface area contributed by atoms with Crippen LogP contribution in [-0.4, -0.2) is 24.9 Å². The Balaban J connectivity index is 3.04. The summed E-state index contributed by atoms with van der Waals surface area (Å²) < 4.78 is 24.5. The molecule has 0 aliphatic rings. The minimum atomic E-state index is -3.83. The minimum absolute atomic E-state index is 0.0358. The molecule has 7 heteroatoms. The highest BCUT2D eigenvalue weighted by Crippen LogP contribution is 2.19. The second kappa shape index (κ2) is 7.84. The lowest BCUT2D eigenvalue weighted by Gasteiger charge is -2.16. The number of amides is 1. The van der Waals surface area contributed by atoms with Crippen molar-refractivity contribution in [3.8, 4) is 0 Å². The Morgan fingerprint density at radius 3 is 2.48 bits per heavy atom. The van der Waals surface area contributed by atoms with Gasteiger partial charge in [0.15, 0.2) is 0 Å². The van der Waals surface area contributed by atoms with Crippen LogP contribution < -0.4 is 5.32 Å². The zero-order valence-corrected chi connectivity index (χ0v) is 14.3. The maximum Gasteiger partial charge on any atom is 0.268 e. The first-order valence-corrected chi connectivity index (χ1v) is 9.60. The van der Waals surface area contributed by atoms with Crippen molar-refractivity contribution in [2.75, 3.05) is 0 Å². The van der Waals surface area contributed by atoms with E-state index in [-0.39, 0.29) is 16.8 Å². The smallest absolute Gasteiger partial charge is 0.268 e. The standard InChI is InChI=1S/C14H23ClN2O3S/c1-4-7-11(6-3)16-14(18)13-9-12(21(15,19)20)10-17(13)8-5-2/h9-11H,4-8H2,1-3H3,(H,16,18). The number of halogens is 1. The van der Waals surface area contributed by atoms with Crippen LogP contribution in [0.4, 0.5) is 0 Å². The van der Waals surface area contributed by atoms with Gasteiger partial charge in [0.2, 0.25) is 0 Å². The summed E-state index contributed by atoms with van der Waals surface area (Å²) in [6.07, 6.45) is 4.94. The highest BCUT2D eigenvalue weighted by molar-refractivity contribution is 8.13. The van der Waals surface area contributed by atoms with E-state index < -0.39 is 9.05 Å². The summed E-state index contributed by atoms with van der Waals surface area (Å²) in [6, 6.07) is 1.44. The van der Waals surface area contributed by atoms with Crippen molar-refractivity contribution < 1.29 is 13.2 Å². The van der Waals surface area contributed by atoms with E-state index in [0.29, 0.717) is 12.2 Å². The topological polar surface area (TPSA) is 68.2 Å². The molecule has 1 rings (SSSR count). The quantitative estimate of drug-likeness (QED) is 0.742. The highest BCUT2D eigenvalue weighted by Gasteiger charge is 2.21. The van der Waals surface area contributed by atoms with Gasteiger partial charge in [-0.1, -0.05) is 27.2 Å². The number of carbonyl (C=O) groups excluding carboxylic acids is 1. The molecular formula is C14H23ClN2O3S. The summed E-state index contributed by atoms with van der Waals surface area (Å²) >= 11 is 0. The molecule has 120 valence electrons. The molecule has 0 saturated heterocycles. The molecule has 1 heterocycles. The van der Waals surface area contributed by atoms with Gasteiger partial charge in [-0.2, -0.15) is 0 Å². The SMILES string of the molecule is CCCC(CC)NC(=O)c1cc(S(=O)(=O)Cl)cn1CCC. The summed E-state index contributed by atoms with van der Waals surface area (Å²) in [5, 5.41) is 2.95. The van der Waals surface area contributed by atoms with Gasteiger partial charge in [0.05, 0.1) is 0 Å². The number of hydrogen-bond acceptors (Lipinski definition) is 3. The summed E-state index contributed by atoms with van der Waals surface area (Å²) in [5.41, 5.74) is 0.339. The molecule has 0 spiro atoms. The van der Waals surface area contributed by atoms with Crippen molar-refractivity contribution in [2.24, 2.45) is 0 Å². The first-order chi connectivity index (χ1) is 9.83. The number of hydrogen-bond donors (Lipinski definition) is 1. The number of nitrogens with zero attached hydrogens (tertiary/aromatic N) is 1. The lowest BCUT2D eigenvalue weighted by Crippen LogP contribution is -2.35. The van der Waals surface area contributed by atoms with E-state index in [2.05, 4.69) is 12.2 Å². The fraction of sp³-hybridized carbons (Fsp3) is 0.643. The molecule has 0 aliphatic heterocycles. The molecular weight excluding hydrogens is 312 g/mol. The van der Waals surface area contributed by atoms with Crippen LogP contribution in [0, 0.1) is 0 Å². The number of aryl methyl sites for hydroxylation is 1. The molecule has 1 aromatic rings. The van der Waals surface area contributed by atoms with E-state index in [1.807, 2.05) is 13.8 Å². The van der Waals surface area contributed by atoms with Crippen LogP contribution in [0.25, 0.3) is 0 Å². The van der Waals surface area contributed by atoms with Crippen LogP contribution in [0.15, 0.2) is 17.2 Å². The van der Waals surface area contributed by atoms with E-state index in [1.54, 1.807) is 4.57 Å². The van der Waals surface area contributed by atoms with Crippen LogP contribution in [0.3, 0.4) is 0 Å². The third-order valence-electron chi connectivity index (χ3n) is 3.32. The van der Waals surface area contributed by atoms with Crippen molar-refractivity contribution in [1.82, 2.24) is 9.88 Å². The Kier molecular flexibility index (Phi) is 6.74. The molecule has 21 heavy (non-hydrogen) atoms. The van der Waals surface area contributed by atoms with Gasteiger partial charge in [0.1, 0.15) is 10.6 Å². The molecule has 0 fully saturated rings. The predicted octanol–water partition coefficient (Wildman–Crippen LogP) is 3.13. The van der Waals surface area contributed by atoms with E-state index in [0.717, 1.165) is 25.7 Å². The van der Waals surface area contributed by atoms with Gasteiger partial charge in [0, 0.05) is 29.5 Å². The maximum absolute atomic E-state index is 12.4. The summed E-state index contributed by atoms with van der Waals surface area (Å²) in [6.45, 7) is 6.61. The Bertz CT molecular complexity index is 581. The second-order valence-corrected chi connectivity index (χ2v) is 7.63. The number of aromatic nitrogens is 1. The number of nitrogens with one attached hydrogen (secondary N) is 1. The first-order valence-electron chi connectivity index (χ1n) is 7.29. The molecule has 0 aromatic carbocycles. The predicted molar refractivity (Wildman–Crippen MR) is 84.2 cm³/mol. The van der Waals surface area contributed by atoms with Crippen LogP contribution in [0.5, 0.6) is 0 Å². The molecule has 0 saturated carbocycles. The third kappa shape index (κ3) is 5.04. The first kappa shape index (κ1) is 18.0. The third-order valence-corrected chi connectivity index (χ3v) is 4.64. The van der Waals surface area contributed by atoms with E-state index in [4.69, 9.17) is 10.7 Å². The molecule has 1 aromatic heterocycles. The Hall–Kier alpha value is -1.01. The van der Waals surface area contributed by atoms with Gasteiger partial charge in [-0.05, 0) is 25.3 Å².